The summed E-state index contributed by atoms with van der Waals surface area (Å²) in [6, 6.07) is 8.13. The van der Waals surface area contributed by atoms with Crippen LogP contribution >= 0.6 is 0 Å². The van der Waals surface area contributed by atoms with Crippen molar-refractivity contribution in [3.05, 3.63) is 24.3 Å². The van der Waals surface area contributed by atoms with Gasteiger partial charge in [0.15, 0.2) is 0 Å². The molecular weight excluding hydrogens is 254 g/mol. The van der Waals surface area contributed by atoms with Gasteiger partial charge in [0, 0.05) is 31.9 Å². The maximum absolute atomic E-state index is 5.26. The molecule has 1 aliphatic rings. The molecule has 20 heavy (non-hydrogen) atoms. The first kappa shape index (κ1) is 14.7. The standard InChI is InChI=1S/C14H23N5O/c1-3-18(4-2)14-7-5-13(6-8-14)15-16-17-19-9-11-20-12-10-19/h5-8H,3-4,9-12H2,1-2H3,(H,15,17). The highest BCUT2D eigenvalue weighted by atomic mass is 16.5. The molecular formula is C14H23N5O. The van der Waals surface area contributed by atoms with Crippen molar-refractivity contribution >= 4 is 11.4 Å². The van der Waals surface area contributed by atoms with Crippen molar-refractivity contribution in [3.63, 3.8) is 0 Å². The van der Waals surface area contributed by atoms with Crippen molar-refractivity contribution in [2.45, 2.75) is 13.8 Å². The Morgan fingerprint density at radius 2 is 1.80 bits per heavy atom. The second-order valence-electron chi connectivity index (χ2n) is 4.59. The van der Waals surface area contributed by atoms with Crippen molar-refractivity contribution in [2.75, 3.05) is 44.3 Å². The number of hydrazine groups is 1. The summed E-state index contributed by atoms with van der Waals surface area (Å²) in [5.74, 6) is 0. The third kappa shape index (κ3) is 4.18. The van der Waals surface area contributed by atoms with Crippen LogP contribution in [0.4, 0.5) is 11.4 Å². The zero-order valence-electron chi connectivity index (χ0n) is 12.2. The molecule has 0 radical (unpaired) electrons. The van der Waals surface area contributed by atoms with E-state index in [4.69, 9.17) is 4.74 Å². The molecule has 1 aliphatic heterocycles. The van der Waals surface area contributed by atoms with Crippen molar-refractivity contribution < 1.29 is 4.74 Å². The lowest BCUT2D eigenvalue weighted by Crippen LogP contribution is -2.43. The topological polar surface area (TPSA) is 52.5 Å². The Morgan fingerprint density at radius 1 is 1.15 bits per heavy atom. The predicted octanol–water partition coefficient (Wildman–Crippen LogP) is 2.37. The van der Waals surface area contributed by atoms with Crippen molar-refractivity contribution in [1.82, 2.24) is 10.5 Å². The Morgan fingerprint density at radius 3 is 2.40 bits per heavy atom. The van der Waals surface area contributed by atoms with Crippen LogP contribution in [0.3, 0.4) is 0 Å². The molecule has 0 aromatic heterocycles. The first-order chi connectivity index (χ1) is 9.83. The summed E-state index contributed by atoms with van der Waals surface area (Å²) in [7, 11) is 0. The van der Waals surface area contributed by atoms with Gasteiger partial charge in [0.25, 0.3) is 0 Å². The lowest BCUT2D eigenvalue weighted by Gasteiger charge is -2.24. The fourth-order valence-electron chi connectivity index (χ4n) is 2.13. The third-order valence-electron chi connectivity index (χ3n) is 3.34. The Labute approximate surface area is 120 Å². The third-order valence-corrected chi connectivity index (χ3v) is 3.34. The van der Waals surface area contributed by atoms with E-state index < -0.39 is 0 Å². The molecule has 0 unspecified atom stereocenters. The van der Waals surface area contributed by atoms with E-state index in [2.05, 4.69) is 46.8 Å². The first-order valence-corrected chi connectivity index (χ1v) is 7.17. The van der Waals surface area contributed by atoms with E-state index in [0.29, 0.717) is 0 Å². The van der Waals surface area contributed by atoms with E-state index in [-0.39, 0.29) is 0 Å². The van der Waals surface area contributed by atoms with Crippen LogP contribution in [0.1, 0.15) is 13.8 Å². The molecule has 1 fully saturated rings. The molecule has 0 spiro atoms. The van der Waals surface area contributed by atoms with Crippen LogP contribution in [0.5, 0.6) is 0 Å². The minimum Gasteiger partial charge on any atom is -0.379 e. The molecule has 6 heteroatoms. The Kier molecular flexibility index (Phi) is 5.76. The lowest BCUT2D eigenvalue weighted by atomic mass is 10.2. The molecule has 110 valence electrons. The second-order valence-corrected chi connectivity index (χ2v) is 4.59. The maximum atomic E-state index is 5.26. The zero-order valence-corrected chi connectivity index (χ0v) is 12.2. The predicted molar refractivity (Wildman–Crippen MR) is 80.0 cm³/mol. The quantitative estimate of drug-likeness (QED) is 0.640. The van der Waals surface area contributed by atoms with Gasteiger partial charge in [0.1, 0.15) is 0 Å². The molecule has 2 rings (SSSR count). The molecule has 1 saturated heterocycles. The van der Waals surface area contributed by atoms with Crippen molar-refractivity contribution in [2.24, 2.45) is 10.3 Å². The van der Waals surface area contributed by atoms with Gasteiger partial charge in [-0.15, -0.1) is 5.11 Å². The maximum Gasteiger partial charge on any atom is 0.0876 e. The van der Waals surface area contributed by atoms with E-state index in [0.717, 1.165) is 45.1 Å². The number of anilines is 1. The number of benzene rings is 1. The number of rotatable bonds is 6. The molecule has 1 aromatic rings. The molecule has 0 bridgehead atoms. The Balaban J connectivity index is 1.86. The van der Waals surface area contributed by atoms with Gasteiger partial charge in [-0.05, 0) is 38.1 Å². The van der Waals surface area contributed by atoms with E-state index in [1.54, 1.807) is 0 Å². The van der Waals surface area contributed by atoms with Crippen LogP contribution in [0.2, 0.25) is 0 Å². The molecule has 0 saturated carbocycles. The second kappa shape index (κ2) is 7.81. The Bertz CT molecular complexity index is 410. The average Bonchev–Trinajstić information content (AvgIpc) is 2.51. The average molecular weight is 277 g/mol. The van der Waals surface area contributed by atoms with E-state index in [1.165, 1.54) is 5.69 Å². The summed E-state index contributed by atoms with van der Waals surface area (Å²) in [6.07, 6.45) is 0. The summed E-state index contributed by atoms with van der Waals surface area (Å²) in [4.78, 5) is 2.30. The smallest absolute Gasteiger partial charge is 0.0876 e. The Hall–Kier alpha value is -1.66. The fourth-order valence-corrected chi connectivity index (χ4v) is 2.13. The summed E-state index contributed by atoms with van der Waals surface area (Å²) >= 11 is 0. The van der Waals surface area contributed by atoms with Gasteiger partial charge in [-0.2, -0.15) is 0 Å². The van der Waals surface area contributed by atoms with Gasteiger partial charge >= 0.3 is 0 Å². The van der Waals surface area contributed by atoms with Gasteiger partial charge in [0.2, 0.25) is 0 Å². The van der Waals surface area contributed by atoms with Gasteiger partial charge in [-0.1, -0.05) is 5.22 Å². The number of ether oxygens (including phenoxy) is 1. The van der Waals surface area contributed by atoms with Crippen LogP contribution in [0.25, 0.3) is 0 Å². The van der Waals surface area contributed by atoms with Gasteiger partial charge in [-0.25, -0.2) is 10.5 Å². The summed E-state index contributed by atoms with van der Waals surface area (Å²) in [5.41, 5.74) is 5.00. The highest BCUT2D eigenvalue weighted by Gasteiger charge is 2.08. The van der Waals surface area contributed by atoms with E-state index >= 15 is 0 Å². The fraction of sp³-hybridized carbons (Fsp3) is 0.571. The highest BCUT2D eigenvalue weighted by molar-refractivity contribution is 5.52. The van der Waals surface area contributed by atoms with E-state index in [1.807, 2.05) is 17.1 Å². The summed E-state index contributed by atoms with van der Waals surface area (Å²) in [6.45, 7) is 9.47. The molecule has 0 atom stereocenters. The first-order valence-electron chi connectivity index (χ1n) is 7.17. The van der Waals surface area contributed by atoms with Crippen LogP contribution in [0, 0.1) is 0 Å². The number of morpholine rings is 1. The molecule has 0 aliphatic carbocycles. The van der Waals surface area contributed by atoms with Crippen molar-refractivity contribution in [1.29, 1.82) is 0 Å². The number of hydrogen-bond acceptors (Lipinski definition) is 5. The van der Waals surface area contributed by atoms with Crippen LogP contribution in [0.15, 0.2) is 34.6 Å². The zero-order chi connectivity index (χ0) is 14.2. The summed E-state index contributed by atoms with van der Waals surface area (Å²) in [5, 5.41) is 10.2. The highest BCUT2D eigenvalue weighted by Crippen LogP contribution is 2.19. The molecule has 1 N–H and O–H groups in total. The van der Waals surface area contributed by atoms with Crippen molar-refractivity contribution in [3.8, 4) is 0 Å². The number of nitrogens with zero attached hydrogens (tertiary/aromatic N) is 4. The SMILES string of the molecule is CCN(CC)c1ccc(N=NNN2CCOCC2)cc1. The monoisotopic (exact) mass is 277 g/mol. The van der Waals surface area contributed by atoms with Crippen LogP contribution in [-0.4, -0.2) is 44.4 Å². The minimum atomic E-state index is 0.737. The molecule has 6 nitrogen and oxygen atoms in total. The number of nitrogens with one attached hydrogen (secondary N) is 1. The van der Waals surface area contributed by atoms with Gasteiger partial charge in [0.05, 0.1) is 18.9 Å². The van der Waals surface area contributed by atoms with Gasteiger partial charge < -0.3 is 9.64 Å². The van der Waals surface area contributed by atoms with Gasteiger partial charge in [-0.3, -0.25) is 0 Å². The summed E-state index contributed by atoms with van der Waals surface area (Å²) < 4.78 is 5.26. The largest absolute Gasteiger partial charge is 0.379 e. The number of hydrogen-bond donors (Lipinski definition) is 1. The lowest BCUT2D eigenvalue weighted by molar-refractivity contribution is 0.0110. The molecule has 1 heterocycles. The van der Waals surface area contributed by atoms with E-state index in [9.17, 15) is 0 Å². The molecule has 0 amide bonds. The van der Waals surface area contributed by atoms with Crippen LogP contribution in [-0.2, 0) is 4.74 Å². The minimum absolute atomic E-state index is 0.737. The normalized spacial score (nSPS) is 16.5. The molecule has 1 aromatic carbocycles. The van der Waals surface area contributed by atoms with Crippen LogP contribution < -0.4 is 10.4 Å².